The Morgan fingerprint density at radius 3 is 2.76 bits per heavy atom. The number of hydrogen-bond donors (Lipinski definition) is 1. The molecule has 1 N–H and O–H groups in total. The molecular formula is C20H24FN3O. The van der Waals surface area contributed by atoms with E-state index in [9.17, 15) is 9.18 Å². The number of aromatic nitrogens is 1. The maximum absolute atomic E-state index is 12.8. The van der Waals surface area contributed by atoms with E-state index < -0.39 is 0 Å². The topological polar surface area (TPSA) is 45.2 Å². The molecule has 0 aliphatic heterocycles. The van der Waals surface area contributed by atoms with Crippen LogP contribution in [0.1, 0.15) is 17.5 Å². The van der Waals surface area contributed by atoms with Crippen LogP contribution >= 0.6 is 0 Å². The van der Waals surface area contributed by atoms with Crippen LogP contribution in [0.2, 0.25) is 0 Å². The lowest BCUT2D eigenvalue weighted by molar-refractivity contribution is -0.116. The number of nitrogens with zero attached hydrogens (tertiary/aromatic N) is 2. The largest absolute Gasteiger partial charge is 0.353 e. The zero-order chi connectivity index (χ0) is 17.9. The molecule has 1 amide bonds. The standard InChI is InChI=1S/C20H24FN3O/c1-24(15-11-18-4-2-12-22-16-18)14-3-13-23-20(25)10-7-17-5-8-19(21)9-6-17/h2,4-10,12,16H,3,11,13-15H2,1H3,(H,23,25)/b10-7+. The Morgan fingerprint density at radius 1 is 1.24 bits per heavy atom. The molecule has 0 fully saturated rings. The van der Waals surface area contributed by atoms with Crippen LogP contribution in [0.4, 0.5) is 4.39 Å². The minimum atomic E-state index is -0.283. The first-order valence-electron chi connectivity index (χ1n) is 8.42. The molecule has 1 aromatic carbocycles. The number of hydrogen-bond acceptors (Lipinski definition) is 3. The summed E-state index contributed by atoms with van der Waals surface area (Å²) in [6.07, 6.45) is 8.67. The van der Waals surface area contributed by atoms with E-state index in [0.29, 0.717) is 6.54 Å². The predicted octanol–water partition coefficient (Wildman–Crippen LogP) is 2.91. The first-order valence-corrected chi connectivity index (χ1v) is 8.42. The molecule has 132 valence electrons. The highest BCUT2D eigenvalue weighted by atomic mass is 19.1. The van der Waals surface area contributed by atoms with Gasteiger partial charge in [-0.3, -0.25) is 9.78 Å². The first-order chi connectivity index (χ1) is 12.1. The molecule has 25 heavy (non-hydrogen) atoms. The number of amides is 1. The van der Waals surface area contributed by atoms with Crippen molar-refractivity contribution in [3.05, 3.63) is 71.8 Å². The van der Waals surface area contributed by atoms with E-state index >= 15 is 0 Å². The van der Waals surface area contributed by atoms with Crippen molar-refractivity contribution < 1.29 is 9.18 Å². The summed E-state index contributed by atoms with van der Waals surface area (Å²) >= 11 is 0. The van der Waals surface area contributed by atoms with Crippen LogP contribution in [-0.2, 0) is 11.2 Å². The lowest BCUT2D eigenvalue weighted by atomic mass is 10.2. The summed E-state index contributed by atoms with van der Waals surface area (Å²) in [6.45, 7) is 2.51. The molecule has 0 spiro atoms. The van der Waals surface area contributed by atoms with Gasteiger partial charge in [0.2, 0.25) is 5.91 Å². The van der Waals surface area contributed by atoms with Gasteiger partial charge in [0.25, 0.3) is 0 Å². The molecule has 0 saturated heterocycles. The lowest BCUT2D eigenvalue weighted by Gasteiger charge is -2.16. The van der Waals surface area contributed by atoms with E-state index in [-0.39, 0.29) is 11.7 Å². The van der Waals surface area contributed by atoms with Crippen LogP contribution in [0.3, 0.4) is 0 Å². The van der Waals surface area contributed by atoms with Crippen molar-refractivity contribution in [2.45, 2.75) is 12.8 Å². The van der Waals surface area contributed by atoms with Crippen LogP contribution in [0.25, 0.3) is 6.08 Å². The van der Waals surface area contributed by atoms with Gasteiger partial charge in [0.15, 0.2) is 0 Å². The quantitative estimate of drug-likeness (QED) is 0.563. The smallest absolute Gasteiger partial charge is 0.243 e. The van der Waals surface area contributed by atoms with Crippen molar-refractivity contribution in [3.8, 4) is 0 Å². The van der Waals surface area contributed by atoms with Crippen molar-refractivity contribution in [2.24, 2.45) is 0 Å². The van der Waals surface area contributed by atoms with E-state index in [1.807, 2.05) is 12.3 Å². The van der Waals surface area contributed by atoms with Gasteiger partial charge in [-0.05, 0) is 61.8 Å². The second kappa shape index (κ2) is 10.4. The Balaban J connectivity index is 1.58. The molecule has 4 nitrogen and oxygen atoms in total. The van der Waals surface area contributed by atoms with Crippen LogP contribution in [0.15, 0.2) is 54.9 Å². The van der Waals surface area contributed by atoms with Crippen LogP contribution in [0, 0.1) is 5.82 Å². The van der Waals surface area contributed by atoms with Gasteiger partial charge in [-0.15, -0.1) is 0 Å². The minimum Gasteiger partial charge on any atom is -0.353 e. The minimum absolute atomic E-state index is 0.137. The van der Waals surface area contributed by atoms with Gasteiger partial charge >= 0.3 is 0 Å². The van der Waals surface area contributed by atoms with Gasteiger partial charge in [-0.1, -0.05) is 18.2 Å². The van der Waals surface area contributed by atoms with E-state index in [4.69, 9.17) is 0 Å². The molecule has 0 aliphatic carbocycles. The third-order valence-corrected chi connectivity index (χ3v) is 3.82. The summed E-state index contributed by atoms with van der Waals surface area (Å²) in [6, 6.07) is 10.0. The van der Waals surface area contributed by atoms with Gasteiger partial charge in [0.1, 0.15) is 5.82 Å². The van der Waals surface area contributed by atoms with Gasteiger partial charge in [-0.2, -0.15) is 0 Å². The molecule has 5 heteroatoms. The summed E-state index contributed by atoms with van der Waals surface area (Å²) in [5, 5.41) is 2.86. The molecule has 0 unspecified atom stereocenters. The fourth-order valence-corrected chi connectivity index (χ4v) is 2.34. The molecule has 0 atom stereocenters. The van der Waals surface area contributed by atoms with Crippen molar-refractivity contribution >= 4 is 12.0 Å². The molecule has 0 bridgehead atoms. The average molecular weight is 341 g/mol. The van der Waals surface area contributed by atoms with Gasteiger partial charge in [-0.25, -0.2) is 4.39 Å². The molecule has 1 heterocycles. The van der Waals surface area contributed by atoms with Crippen molar-refractivity contribution in [1.82, 2.24) is 15.2 Å². The molecule has 0 aliphatic rings. The van der Waals surface area contributed by atoms with E-state index in [0.717, 1.165) is 31.5 Å². The highest BCUT2D eigenvalue weighted by molar-refractivity contribution is 5.91. The van der Waals surface area contributed by atoms with Gasteiger partial charge < -0.3 is 10.2 Å². The maximum Gasteiger partial charge on any atom is 0.243 e. The highest BCUT2D eigenvalue weighted by Gasteiger charge is 2.01. The normalized spacial score (nSPS) is 11.2. The molecule has 1 aromatic heterocycles. The maximum atomic E-state index is 12.8. The molecule has 2 rings (SSSR count). The zero-order valence-electron chi connectivity index (χ0n) is 14.5. The number of carbonyl (C=O) groups excluding carboxylic acids is 1. The molecule has 2 aromatic rings. The fourth-order valence-electron chi connectivity index (χ4n) is 2.34. The number of pyridine rings is 1. The van der Waals surface area contributed by atoms with Crippen molar-refractivity contribution in [3.63, 3.8) is 0 Å². The number of likely N-dealkylation sites (N-methyl/N-ethyl adjacent to an activating group) is 1. The summed E-state index contributed by atoms with van der Waals surface area (Å²) in [7, 11) is 2.08. The highest BCUT2D eigenvalue weighted by Crippen LogP contribution is 2.04. The molecule has 0 radical (unpaired) electrons. The monoisotopic (exact) mass is 341 g/mol. The summed E-state index contributed by atoms with van der Waals surface area (Å²) < 4.78 is 12.8. The second-order valence-electron chi connectivity index (χ2n) is 5.94. The predicted molar refractivity (Wildman–Crippen MR) is 98.5 cm³/mol. The van der Waals surface area contributed by atoms with Crippen molar-refractivity contribution in [1.29, 1.82) is 0 Å². The number of rotatable bonds is 9. The Morgan fingerprint density at radius 2 is 2.04 bits per heavy atom. The van der Waals surface area contributed by atoms with Gasteiger partial charge in [0.05, 0.1) is 0 Å². The SMILES string of the molecule is CN(CCCNC(=O)/C=C/c1ccc(F)cc1)CCc1cccnc1. The van der Waals surface area contributed by atoms with E-state index in [1.165, 1.54) is 23.8 Å². The summed E-state index contributed by atoms with van der Waals surface area (Å²) in [5.41, 5.74) is 2.03. The third-order valence-electron chi connectivity index (χ3n) is 3.82. The second-order valence-corrected chi connectivity index (χ2v) is 5.94. The molecular weight excluding hydrogens is 317 g/mol. The Labute approximate surface area is 148 Å². The van der Waals surface area contributed by atoms with Crippen LogP contribution in [0.5, 0.6) is 0 Å². The number of benzene rings is 1. The lowest BCUT2D eigenvalue weighted by Crippen LogP contribution is -2.28. The fraction of sp³-hybridized carbons (Fsp3) is 0.300. The summed E-state index contributed by atoms with van der Waals surface area (Å²) in [5.74, 6) is -0.420. The number of carbonyl (C=O) groups is 1. The van der Waals surface area contributed by atoms with Crippen LogP contribution in [-0.4, -0.2) is 42.5 Å². The number of halogens is 1. The van der Waals surface area contributed by atoms with Crippen molar-refractivity contribution in [2.75, 3.05) is 26.7 Å². The first kappa shape index (κ1) is 18.8. The van der Waals surface area contributed by atoms with E-state index in [1.54, 1.807) is 24.4 Å². The average Bonchev–Trinajstić information content (AvgIpc) is 2.64. The van der Waals surface area contributed by atoms with E-state index in [2.05, 4.69) is 28.3 Å². The van der Waals surface area contributed by atoms with Crippen LogP contribution < -0.4 is 5.32 Å². The van der Waals surface area contributed by atoms with Gasteiger partial charge in [0, 0.05) is 31.6 Å². The Bertz CT molecular complexity index is 671. The molecule has 0 saturated carbocycles. The Kier molecular flexibility index (Phi) is 7.79. The Hall–Kier alpha value is -2.53. The summed E-state index contributed by atoms with van der Waals surface area (Å²) in [4.78, 5) is 18.1. The zero-order valence-corrected chi connectivity index (χ0v) is 14.5. The third kappa shape index (κ3) is 7.72. The number of nitrogens with one attached hydrogen (secondary N) is 1.